The van der Waals surface area contributed by atoms with Gasteiger partial charge in [-0.3, -0.25) is 4.79 Å². The number of carbonyl (C=O) groups excluding carboxylic acids is 1. The zero-order valence-electron chi connectivity index (χ0n) is 10.6. The van der Waals surface area contributed by atoms with E-state index in [1.807, 2.05) is 6.07 Å². The highest BCUT2D eigenvalue weighted by Crippen LogP contribution is 2.20. The molecular formula is C14H16BrN3O. The van der Waals surface area contributed by atoms with Crippen molar-refractivity contribution in [1.82, 2.24) is 5.32 Å². The van der Waals surface area contributed by atoms with Gasteiger partial charge in [0.05, 0.1) is 11.6 Å². The largest absolute Gasteiger partial charge is 0.385 e. The van der Waals surface area contributed by atoms with Crippen molar-refractivity contribution in [3.8, 4) is 6.07 Å². The van der Waals surface area contributed by atoms with Gasteiger partial charge >= 0.3 is 0 Å². The Morgan fingerprint density at radius 2 is 2.21 bits per heavy atom. The summed E-state index contributed by atoms with van der Waals surface area (Å²) in [6.07, 6.45) is 3.58. The SMILES string of the molecule is N#Cc1cc(Br)cc(NCCCC(=O)NC2CC2)c1. The first kappa shape index (κ1) is 13.9. The molecule has 5 heteroatoms. The molecule has 0 aliphatic heterocycles. The van der Waals surface area contributed by atoms with Gasteiger partial charge < -0.3 is 10.6 Å². The summed E-state index contributed by atoms with van der Waals surface area (Å²) in [6.45, 7) is 0.722. The lowest BCUT2D eigenvalue weighted by atomic mass is 10.2. The second-order valence-electron chi connectivity index (χ2n) is 4.71. The molecular weight excluding hydrogens is 306 g/mol. The van der Waals surface area contributed by atoms with Crippen LogP contribution in [0.4, 0.5) is 5.69 Å². The molecule has 100 valence electrons. The zero-order chi connectivity index (χ0) is 13.7. The van der Waals surface area contributed by atoms with Gasteiger partial charge in [-0.25, -0.2) is 0 Å². The van der Waals surface area contributed by atoms with E-state index >= 15 is 0 Å². The van der Waals surface area contributed by atoms with Crippen LogP contribution in [0.3, 0.4) is 0 Å². The Labute approximate surface area is 121 Å². The Kier molecular flexibility index (Phi) is 4.80. The van der Waals surface area contributed by atoms with Gasteiger partial charge in [0, 0.05) is 29.2 Å². The van der Waals surface area contributed by atoms with E-state index in [9.17, 15) is 4.79 Å². The first-order chi connectivity index (χ1) is 9.17. The number of hydrogen-bond donors (Lipinski definition) is 2. The standard InChI is InChI=1S/C14H16BrN3O/c15-11-6-10(9-16)7-13(8-11)17-5-1-2-14(19)18-12-3-4-12/h6-8,12,17H,1-5H2,(H,18,19). The van der Waals surface area contributed by atoms with Gasteiger partial charge in [-0.05, 0) is 37.5 Å². The van der Waals surface area contributed by atoms with Crippen LogP contribution in [0.15, 0.2) is 22.7 Å². The minimum Gasteiger partial charge on any atom is -0.385 e. The predicted molar refractivity (Wildman–Crippen MR) is 77.7 cm³/mol. The van der Waals surface area contributed by atoms with Gasteiger partial charge in [-0.2, -0.15) is 5.26 Å². The minimum absolute atomic E-state index is 0.135. The molecule has 0 atom stereocenters. The number of rotatable bonds is 6. The van der Waals surface area contributed by atoms with E-state index in [4.69, 9.17) is 5.26 Å². The maximum Gasteiger partial charge on any atom is 0.220 e. The van der Waals surface area contributed by atoms with Crippen LogP contribution in [-0.4, -0.2) is 18.5 Å². The summed E-state index contributed by atoms with van der Waals surface area (Å²) < 4.78 is 0.875. The maximum absolute atomic E-state index is 11.5. The molecule has 19 heavy (non-hydrogen) atoms. The molecule has 0 spiro atoms. The predicted octanol–water partition coefficient (Wildman–Crippen LogP) is 2.79. The lowest BCUT2D eigenvalue weighted by Gasteiger charge is -2.07. The fraction of sp³-hybridized carbons (Fsp3) is 0.429. The number of benzene rings is 1. The van der Waals surface area contributed by atoms with Crippen molar-refractivity contribution in [2.24, 2.45) is 0 Å². The summed E-state index contributed by atoms with van der Waals surface area (Å²) >= 11 is 3.36. The number of amides is 1. The molecule has 1 amide bonds. The lowest BCUT2D eigenvalue weighted by Crippen LogP contribution is -2.25. The fourth-order valence-electron chi connectivity index (χ4n) is 1.77. The summed E-state index contributed by atoms with van der Waals surface area (Å²) in [5.41, 5.74) is 1.51. The molecule has 1 aromatic carbocycles. The van der Waals surface area contributed by atoms with E-state index in [1.165, 1.54) is 0 Å². The van der Waals surface area contributed by atoms with Crippen LogP contribution >= 0.6 is 15.9 Å². The van der Waals surface area contributed by atoms with E-state index in [2.05, 4.69) is 32.6 Å². The number of halogens is 1. The highest BCUT2D eigenvalue weighted by molar-refractivity contribution is 9.10. The van der Waals surface area contributed by atoms with Crippen molar-refractivity contribution >= 4 is 27.5 Å². The van der Waals surface area contributed by atoms with Gasteiger partial charge in [0.25, 0.3) is 0 Å². The fourth-order valence-corrected chi connectivity index (χ4v) is 2.26. The van der Waals surface area contributed by atoms with Crippen LogP contribution in [-0.2, 0) is 4.79 Å². The Hall–Kier alpha value is -1.54. The normalized spacial score (nSPS) is 13.7. The van der Waals surface area contributed by atoms with Crippen molar-refractivity contribution in [1.29, 1.82) is 5.26 Å². The first-order valence-electron chi connectivity index (χ1n) is 6.41. The van der Waals surface area contributed by atoms with Crippen LogP contribution in [0, 0.1) is 11.3 Å². The zero-order valence-corrected chi connectivity index (χ0v) is 12.2. The van der Waals surface area contributed by atoms with Crippen LogP contribution in [0.2, 0.25) is 0 Å². The highest BCUT2D eigenvalue weighted by atomic mass is 79.9. The van der Waals surface area contributed by atoms with Crippen molar-refractivity contribution in [3.63, 3.8) is 0 Å². The molecule has 4 nitrogen and oxygen atoms in total. The van der Waals surface area contributed by atoms with Gasteiger partial charge in [-0.1, -0.05) is 15.9 Å². The molecule has 2 N–H and O–H groups in total. The van der Waals surface area contributed by atoms with Crippen molar-refractivity contribution < 1.29 is 4.79 Å². The lowest BCUT2D eigenvalue weighted by molar-refractivity contribution is -0.121. The third-order valence-corrected chi connectivity index (χ3v) is 3.34. The van der Waals surface area contributed by atoms with Crippen LogP contribution in [0.25, 0.3) is 0 Å². The van der Waals surface area contributed by atoms with Gasteiger partial charge in [0.2, 0.25) is 5.91 Å². The maximum atomic E-state index is 11.5. The molecule has 1 saturated carbocycles. The summed E-state index contributed by atoms with van der Waals surface area (Å²) in [4.78, 5) is 11.5. The molecule has 0 heterocycles. The van der Waals surface area contributed by atoms with E-state index < -0.39 is 0 Å². The van der Waals surface area contributed by atoms with Crippen LogP contribution < -0.4 is 10.6 Å². The smallest absolute Gasteiger partial charge is 0.220 e. The number of carbonyl (C=O) groups is 1. The third kappa shape index (κ3) is 4.92. The van der Waals surface area contributed by atoms with Gasteiger partial charge in [-0.15, -0.1) is 0 Å². The minimum atomic E-state index is 0.135. The summed E-state index contributed by atoms with van der Waals surface area (Å²) in [5, 5.41) is 15.1. The summed E-state index contributed by atoms with van der Waals surface area (Å²) in [7, 11) is 0. The first-order valence-corrected chi connectivity index (χ1v) is 7.20. The van der Waals surface area contributed by atoms with Gasteiger partial charge in [0.15, 0.2) is 0 Å². The van der Waals surface area contributed by atoms with E-state index in [0.29, 0.717) is 18.0 Å². The highest BCUT2D eigenvalue weighted by Gasteiger charge is 2.22. The number of nitriles is 1. The topological polar surface area (TPSA) is 64.9 Å². The molecule has 1 aromatic rings. The molecule has 0 unspecified atom stereocenters. The second-order valence-corrected chi connectivity index (χ2v) is 5.63. The van der Waals surface area contributed by atoms with E-state index in [-0.39, 0.29) is 5.91 Å². The molecule has 0 bridgehead atoms. The van der Waals surface area contributed by atoms with Crippen molar-refractivity contribution in [2.45, 2.75) is 31.7 Å². The van der Waals surface area contributed by atoms with Crippen molar-refractivity contribution in [2.75, 3.05) is 11.9 Å². The molecule has 0 radical (unpaired) electrons. The third-order valence-electron chi connectivity index (χ3n) is 2.88. The molecule has 1 aliphatic rings. The van der Waals surface area contributed by atoms with Crippen LogP contribution in [0.5, 0.6) is 0 Å². The Bertz CT molecular complexity index is 506. The van der Waals surface area contributed by atoms with E-state index in [0.717, 1.165) is 36.0 Å². The summed E-state index contributed by atoms with van der Waals surface area (Å²) in [6, 6.07) is 8.04. The molecule has 1 fully saturated rings. The number of nitrogens with zero attached hydrogens (tertiary/aromatic N) is 1. The van der Waals surface area contributed by atoms with Gasteiger partial charge in [0.1, 0.15) is 0 Å². The number of hydrogen-bond acceptors (Lipinski definition) is 3. The molecule has 1 aliphatic carbocycles. The van der Waals surface area contributed by atoms with Crippen LogP contribution in [0.1, 0.15) is 31.2 Å². The van der Waals surface area contributed by atoms with Crippen molar-refractivity contribution in [3.05, 3.63) is 28.2 Å². The molecule has 2 rings (SSSR count). The molecule has 0 aromatic heterocycles. The Balaban J connectivity index is 1.71. The second kappa shape index (κ2) is 6.58. The Morgan fingerprint density at radius 3 is 2.89 bits per heavy atom. The average Bonchev–Trinajstić information content (AvgIpc) is 3.18. The monoisotopic (exact) mass is 321 g/mol. The Morgan fingerprint density at radius 1 is 1.42 bits per heavy atom. The number of anilines is 1. The molecule has 0 saturated heterocycles. The van der Waals surface area contributed by atoms with E-state index in [1.54, 1.807) is 12.1 Å². The quantitative estimate of drug-likeness (QED) is 0.792. The average molecular weight is 322 g/mol. The summed E-state index contributed by atoms with van der Waals surface area (Å²) in [5.74, 6) is 0.135. The number of nitrogens with one attached hydrogen (secondary N) is 2.